The van der Waals surface area contributed by atoms with E-state index in [4.69, 9.17) is 0 Å². The molecule has 0 saturated carbocycles. The predicted molar refractivity (Wildman–Crippen MR) is 39.4 cm³/mol. The third kappa shape index (κ3) is 2.11. The summed E-state index contributed by atoms with van der Waals surface area (Å²) in [5, 5.41) is 13.5. The van der Waals surface area contributed by atoms with Gasteiger partial charge in [0.1, 0.15) is 4.24 Å². The molecule has 1 aliphatic rings. The van der Waals surface area contributed by atoms with E-state index in [-0.39, 0.29) is 0 Å². The minimum absolute atomic E-state index is 0.442. The first-order valence-electron chi connectivity index (χ1n) is 2.13. The molecule has 1 heterocycles. The summed E-state index contributed by atoms with van der Waals surface area (Å²) in [7, 11) is 0. The van der Waals surface area contributed by atoms with E-state index in [0.717, 1.165) is 10.4 Å². The van der Waals surface area contributed by atoms with Crippen LogP contribution in [0.2, 0.25) is 0 Å². The summed E-state index contributed by atoms with van der Waals surface area (Å²) in [5.41, 5.74) is 0. The average molecular weight is 161 g/mol. The zero-order chi connectivity index (χ0) is 6.69. The fourth-order valence-corrected chi connectivity index (χ4v) is 1.93. The summed E-state index contributed by atoms with van der Waals surface area (Å²) in [6.07, 6.45) is 1.01. The third-order valence-corrected chi connectivity index (χ3v) is 2.60. The Morgan fingerprint density at radius 2 is 2.11 bits per heavy atom. The van der Waals surface area contributed by atoms with Crippen molar-refractivity contribution >= 4 is 23.5 Å². The molecule has 0 spiro atoms. The lowest BCUT2D eigenvalue weighted by Crippen LogP contribution is -1.82. The SMILES string of the molecule is O=[N+]([O-])C=C1SC=CS1. The highest BCUT2D eigenvalue weighted by Crippen LogP contribution is 2.36. The molecular weight excluding hydrogens is 158 g/mol. The van der Waals surface area contributed by atoms with E-state index in [1.807, 2.05) is 10.8 Å². The van der Waals surface area contributed by atoms with Gasteiger partial charge in [-0.1, -0.05) is 23.5 Å². The number of thioether (sulfide) groups is 2. The highest BCUT2D eigenvalue weighted by atomic mass is 32.2. The molecule has 0 aliphatic carbocycles. The fraction of sp³-hybridized carbons (Fsp3) is 0. The van der Waals surface area contributed by atoms with E-state index in [0.29, 0.717) is 0 Å². The van der Waals surface area contributed by atoms with Crippen molar-refractivity contribution in [2.75, 3.05) is 0 Å². The van der Waals surface area contributed by atoms with Crippen LogP contribution in [0, 0.1) is 10.1 Å². The molecule has 0 radical (unpaired) electrons. The molecule has 0 aromatic heterocycles. The molecular formula is C4H3NO2S2. The minimum Gasteiger partial charge on any atom is -0.259 e. The maximum atomic E-state index is 9.83. The molecule has 1 aliphatic heterocycles. The Kier molecular flexibility index (Phi) is 2.18. The van der Waals surface area contributed by atoms with Gasteiger partial charge in [0.25, 0.3) is 6.20 Å². The van der Waals surface area contributed by atoms with E-state index in [1.165, 1.54) is 23.5 Å². The molecule has 0 aromatic rings. The van der Waals surface area contributed by atoms with E-state index in [9.17, 15) is 10.1 Å². The monoisotopic (exact) mass is 161 g/mol. The van der Waals surface area contributed by atoms with Crippen molar-refractivity contribution < 1.29 is 4.92 Å². The van der Waals surface area contributed by atoms with Crippen LogP contribution in [-0.2, 0) is 0 Å². The minimum atomic E-state index is -0.442. The van der Waals surface area contributed by atoms with Crippen molar-refractivity contribution in [3.63, 3.8) is 0 Å². The Bertz CT molecular complexity index is 177. The summed E-state index contributed by atoms with van der Waals surface area (Å²) >= 11 is 2.75. The van der Waals surface area contributed by atoms with Gasteiger partial charge in [0.15, 0.2) is 0 Å². The Labute approximate surface area is 60.3 Å². The number of hydrogen-bond acceptors (Lipinski definition) is 4. The molecule has 3 nitrogen and oxygen atoms in total. The van der Waals surface area contributed by atoms with Crippen molar-refractivity contribution in [1.29, 1.82) is 0 Å². The van der Waals surface area contributed by atoms with Crippen LogP contribution in [0.5, 0.6) is 0 Å². The van der Waals surface area contributed by atoms with Crippen LogP contribution in [0.1, 0.15) is 0 Å². The Hall–Kier alpha value is -0.420. The summed E-state index contributed by atoms with van der Waals surface area (Å²) in [6.45, 7) is 0. The number of hydrogen-bond donors (Lipinski definition) is 0. The van der Waals surface area contributed by atoms with Crippen LogP contribution >= 0.6 is 23.5 Å². The number of rotatable bonds is 1. The lowest BCUT2D eigenvalue weighted by Gasteiger charge is -1.84. The van der Waals surface area contributed by atoms with Gasteiger partial charge in [0.2, 0.25) is 0 Å². The first kappa shape index (κ1) is 6.70. The van der Waals surface area contributed by atoms with Crippen LogP contribution in [0.4, 0.5) is 0 Å². The van der Waals surface area contributed by atoms with Crippen LogP contribution in [0.25, 0.3) is 0 Å². The highest BCUT2D eigenvalue weighted by Gasteiger charge is 2.05. The summed E-state index contributed by atoms with van der Waals surface area (Å²) in [6, 6.07) is 0. The van der Waals surface area contributed by atoms with E-state index >= 15 is 0 Å². The van der Waals surface area contributed by atoms with Crippen molar-refractivity contribution in [2.45, 2.75) is 0 Å². The highest BCUT2D eigenvalue weighted by molar-refractivity contribution is 8.27. The van der Waals surface area contributed by atoms with Crippen molar-refractivity contribution in [3.8, 4) is 0 Å². The zero-order valence-electron chi connectivity index (χ0n) is 4.31. The molecule has 0 fully saturated rings. The number of nitrogens with zero attached hydrogens (tertiary/aromatic N) is 1. The van der Waals surface area contributed by atoms with Gasteiger partial charge in [0, 0.05) is 0 Å². The van der Waals surface area contributed by atoms with Crippen LogP contribution < -0.4 is 0 Å². The van der Waals surface area contributed by atoms with Gasteiger partial charge < -0.3 is 0 Å². The summed E-state index contributed by atoms with van der Waals surface area (Å²) in [4.78, 5) is 9.39. The lowest BCUT2D eigenvalue weighted by molar-refractivity contribution is -0.402. The Morgan fingerprint density at radius 3 is 2.56 bits per heavy atom. The van der Waals surface area contributed by atoms with E-state index in [1.54, 1.807) is 0 Å². The second-order valence-corrected chi connectivity index (χ2v) is 3.40. The maximum Gasteiger partial charge on any atom is 0.254 e. The van der Waals surface area contributed by atoms with Gasteiger partial charge in [0.05, 0.1) is 4.92 Å². The second-order valence-electron chi connectivity index (χ2n) is 1.24. The van der Waals surface area contributed by atoms with E-state index < -0.39 is 4.92 Å². The molecule has 1 rings (SSSR count). The summed E-state index contributed by atoms with van der Waals surface area (Å²) in [5.74, 6) is 0. The lowest BCUT2D eigenvalue weighted by atomic mass is 11.1. The predicted octanol–water partition coefficient (Wildman–Crippen LogP) is 2.01. The smallest absolute Gasteiger partial charge is 0.254 e. The standard InChI is InChI=1S/C4H3NO2S2/c6-5(7)3-4-8-1-2-9-4/h1-3H. The molecule has 0 N–H and O–H groups in total. The summed E-state index contributed by atoms with van der Waals surface area (Å²) < 4.78 is 0.722. The van der Waals surface area contributed by atoms with Crippen LogP contribution in [0.3, 0.4) is 0 Å². The largest absolute Gasteiger partial charge is 0.259 e. The molecule has 0 unspecified atom stereocenters. The van der Waals surface area contributed by atoms with Gasteiger partial charge in [-0.25, -0.2) is 0 Å². The quantitative estimate of drug-likeness (QED) is 0.436. The van der Waals surface area contributed by atoms with Crippen LogP contribution in [0.15, 0.2) is 21.3 Å². The first-order valence-corrected chi connectivity index (χ1v) is 3.88. The van der Waals surface area contributed by atoms with E-state index in [2.05, 4.69) is 0 Å². The van der Waals surface area contributed by atoms with Gasteiger partial charge in [-0.05, 0) is 10.8 Å². The van der Waals surface area contributed by atoms with Gasteiger partial charge >= 0.3 is 0 Å². The Balaban J connectivity index is 2.53. The van der Waals surface area contributed by atoms with Gasteiger partial charge in [-0.15, -0.1) is 0 Å². The molecule has 9 heavy (non-hydrogen) atoms. The van der Waals surface area contributed by atoms with Crippen molar-refractivity contribution in [1.82, 2.24) is 0 Å². The van der Waals surface area contributed by atoms with Crippen molar-refractivity contribution in [3.05, 3.63) is 31.4 Å². The maximum absolute atomic E-state index is 9.83. The molecule has 0 saturated heterocycles. The molecule has 48 valence electrons. The molecule has 5 heteroatoms. The normalized spacial score (nSPS) is 16.2. The second kappa shape index (κ2) is 2.93. The fourth-order valence-electron chi connectivity index (χ4n) is 0.364. The molecule has 0 aromatic carbocycles. The molecule has 0 amide bonds. The molecule has 0 atom stereocenters. The molecule has 0 bridgehead atoms. The van der Waals surface area contributed by atoms with Crippen molar-refractivity contribution in [2.24, 2.45) is 0 Å². The third-order valence-electron chi connectivity index (χ3n) is 0.635. The zero-order valence-corrected chi connectivity index (χ0v) is 5.95. The average Bonchev–Trinajstić information content (AvgIpc) is 2.15. The number of nitro groups is 1. The topological polar surface area (TPSA) is 43.1 Å². The first-order chi connectivity index (χ1) is 4.29. The van der Waals surface area contributed by atoms with Gasteiger partial charge in [-0.3, -0.25) is 10.1 Å². The Morgan fingerprint density at radius 1 is 1.56 bits per heavy atom. The van der Waals surface area contributed by atoms with Crippen LogP contribution in [-0.4, -0.2) is 4.92 Å². The van der Waals surface area contributed by atoms with Gasteiger partial charge in [-0.2, -0.15) is 0 Å².